The van der Waals surface area contributed by atoms with Gasteiger partial charge >= 0.3 is 0 Å². The van der Waals surface area contributed by atoms with Crippen molar-refractivity contribution in [1.82, 2.24) is 10.1 Å². The lowest BCUT2D eigenvalue weighted by molar-refractivity contribution is 0.0998. The maximum atomic E-state index is 12.9. The van der Waals surface area contributed by atoms with Crippen LogP contribution < -0.4 is 15.8 Å². The summed E-state index contributed by atoms with van der Waals surface area (Å²) in [7, 11) is 1.58. The highest BCUT2D eigenvalue weighted by atomic mass is 16.5. The fourth-order valence-electron chi connectivity index (χ4n) is 3.00. The molecule has 0 radical (unpaired) electrons. The van der Waals surface area contributed by atoms with Crippen LogP contribution in [0.3, 0.4) is 0 Å². The van der Waals surface area contributed by atoms with Crippen molar-refractivity contribution < 1.29 is 18.8 Å². The molecule has 0 spiro atoms. The maximum Gasteiger partial charge on any atom is 0.259 e. The molecule has 1 heterocycles. The summed E-state index contributed by atoms with van der Waals surface area (Å²) in [5.74, 6) is 0.375. The van der Waals surface area contributed by atoms with E-state index in [0.29, 0.717) is 34.0 Å². The van der Waals surface area contributed by atoms with Gasteiger partial charge in [-0.3, -0.25) is 9.59 Å². The Morgan fingerprint density at radius 3 is 2.52 bits per heavy atom. The van der Waals surface area contributed by atoms with E-state index in [1.165, 1.54) is 0 Å². The predicted molar refractivity (Wildman–Crippen MR) is 115 cm³/mol. The summed E-state index contributed by atoms with van der Waals surface area (Å²) in [6.07, 6.45) is 0. The molecule has 0 aliphatic carbocycles. The van der Waals surface area contributed by atoms with E-state index >= 15 is 0 Å². The second kappa shape index (κ2) is 8.50. The number of methoxy groups -OCH3 is 1. The van der Waals surface area contributed by atoms with Gasteiger partial charge in [-0.2, -0.15) is 4.98 Å². The van der Waals surface area contributed by atoms with Gasteiger partial charge < -0.3 is 20.3 Å². The highest BCUT2D eigenvalue weighted by Crippen LogP contribution is 2.27. The van der Waals surface area contributed by atoms with Gasteiger partial charge in [0.15, 0.2) is 0 Å². The van der Waals surface area contributed by atoms with Crippen LogP contribution in [0.4, 0.5) is 5.69 Å². The van der Waals surface area contributed by atoms with Crippen molar-refractivity contribution in [2.75, 3.05) is 12.4 Å². The SMILES string of the molecule is COc1cccc(-c2noc(-c3ccccc3C(=O)Nc3ccc(C(N)=O)cc3)n2)c1. The molecule has 0 aliphatic heterocycles. The summed E-state index contributed by atoms with van der Waals surface area (Å²) >= 11 is 0. The van der Waals surface area contributed by atoms with Gasteiger partial charge in [0, 0.05) is 16.8 Å². The quantitative estimate of drug-likeness (QED) is 0.496. The van der Waals surface area contributed by atoms with E-state index in [0.717, 1.165) is 5.56 Å². The minimum Gasteiger partial charge on any atom is -0.497 e. The Balaban J connectivity index is 1.61. The Morgan fingerprint density at radius 1 is 1.00 bits per heavy atom. The first-order valence-corrected chi connectivity index (χ1v) is 9.34. The molecule has 2 amide bonds. The van der Waals surface area contributed by atoms with Gasteiger partial charge in [0.05, 0.1) is 18.2 Å². The topological polar surface area (TPSA) is 120 Å². The van der Waals surface area contributed by atoms with Crippen molar-refractivity contribution >= 4 is 17.5 Å². The Labute approximate surface area is 177 Å². The van der Waals surface area contributed by atoms with E-state index in [4.69, 9.17) is 15.0 Å². The zero-order valence-corrected chi connectivity index (χ0v) is 16.5. The number of nitrogens with zero attached hydrogens (tertiary/aromatic N) is 2. The Bertz CT molecular complexity index is 1250. The van der Waals surface area contributed by atoms with Crippen molar-refractivity contribution in [3.8, 4) is 28.6 Å². The van der Waals surface area contributed by atoms with Gasteiger partial charge in [-0.15, -0.1) is 0 Å². The fourth-order valence-corrected chi connectivity index (χ4v) is 3.00. The summed E-state index contributed by atoms with van der Waals surface area (Å²) in [6, 6.07) is 20.5. The molecule has 4 rings (SSSR count). The summed E-state index contributed by atoms with van der Waals surface area (Å²) in [5.41, 5.74) is 7.71. The van der Waals surface area contributed by atoms with Gasteiger partial charge in [-0.1, -0.05) is 29.4 Å². The molecule has 3 aromatic carbocycles. The first-order valence-electron chi connectivity index (χ1n) is 9.34. The normalized spacial score (nSPS) is 10.5. The molecular weight excluding hydrogens is 396 g/mol. The molecule has 0 atom stereocenters. The number of amides is 2. The van der Waals surface area contributed by atoms with E-state index in [2.05, 4.69) is 15.5 Å². The number of nitrogens with one attached hydrogen (secondary N) is 1. The molecule has 1 aromatic heterocycles. The first-order chi connectivity index (χ1) is 15.0. The molecule has 0 unspecified atom stereocenters. The molecule has 0 bridgehead atoms. The van der Waals surface area contributed by atoms with E-state index in [1.807, 2.05) is 18.2 Å². The third-order valence-corrected chi connectivity index (χ3v) is 4.58. The summed E-state index contributed by atoms with van der Waals surface area (Å²) < 4.78 is 10.7. The highest BCUT2D eigenvalue weighted by Gasteiger charge is 2.18. The second-order valence-electron chi connectivity index (χ2n) is 6.60. The third-order valence-electron chi connectivity index (χ3n) is 4.58. The van der Waals surface area contributed by atoms with Crippen molar-refractivity contribution in [3.63, 3.8) is 0 Å². The van der Waals surface area contributed by atoms with Crippen LogP contribution in [-0.2, 0) is 0 Å². The number of aromatic nitrogens is 2. The van der Waals surface area contributed by atoms with Crippen molar-refractivity contribution in [2.45, 2.75) is 0 Å². The van der Waals surface area contributed by atoms with Crippen LogP contribution in [0.2, 0.25) is 0 Å². The van der Waals surface area contributed by atoms with Crippen LogP contribution in [0.5, 0.6) is 5.75 Å². The molecule has 154 valence electrons. The molecule has 0 fully saturated rings. The molecular formula is C23H18N4O4. The lowest BCUT2D eigenvalue weighted by atomic mass is 10.1. The van der Waals surface area contributed by atoms with Crippen LogP contribution in [-0.4, -0.2) is 29.1 Å². The lowest BCUT2D eigenvalue weighted by Crippen LogP contribution is -2.14. The van der Waals surface area contributed by atoms with Crippen LogP contribution in [0, 0.1) is 0 Å². The summed E-state index contributed by atoms with van der Waals surface area (Å²) in [6.45, 7) is 0. The second-order valence-corrected chi connectivity index (χ2v) is 6.60. The Kier molecular flexibility index (Phi) is 5.44. The molecule has 0 aliphatic rings. The Morgan fingerprint density at radius 2 is 1.77 bits per heavy atom. The van der Waals surface area contributed by atoms with Gasteiger partial charge in [-0.25, -0.2) is 0 Å². The number of carbonyl (C=O) groups is 2. The van der Waals surface area contributed by atoms with E-state index in [9.17, 15) is 9.59 Å². The minimum absolute atomic E-state index is 0.215. The number of benzene rings is 3. The molecule has 8 nitrogen and oxygen atoms in total. The maximum absolute atomic E-state index is 12.9. The number of primary amides is 1. The fraction of sp³-hybridized carbons (Fsp3) is 0.0435. The predicted octanol–water partition coefficient (Wildman–Crippen LogP) is 3.76. The number of rotatable bonds is 6. The Hall–Kier alpha value is -4.46. The lowest BCUT2D eigenvalue weighted by Gasteiger charge is -2.08. The van der Waals surface area contributed by atoms with E-state index < -0.39 is 5.91 Å². The van der Waals surface area contributed by atoms with E-state index in [1.54, 1.807) is 61.7 Å². The molecule has 31 heavy (non-hydrogen) atoms. The van der Waals surface area contributed by atoms with Crippen LogP contribution in [0.1, 0.15) is 20.7 Å². The van der Waals surface area contributed by atoms with E-state index in [-0.39, 0.29) is 11.8 Å². The van der Waals surface area contributed by atoms with Crippen LogP contribution >= 0.6 is 0 Å². The smallest absolute Gasteiger partial charge is 0.259 e. The van der Waals surface area contributed by atoms with Gasteiger partial charge in [0.25, 0.3) is 11.8 Å². The molecule has 4 aromatic rings. The number of hydrogen-bond acceptors (Lipinski definition) is 6. The van der Waals surface area contributed by atoms with Crippen molar-refractivity contribution in [1.29, 1.82) is 0 Å². The number of carbonyl (C=O) groups excluding carboxylic acids is 2. The number of ether oxygens (including phenoxy) is 1. The van der Waals surface area contributed by atoms with Crippen molar-refractivity contribution in [2.24, 2.45) is 5.73 Å². The largest absolute Gasteiger partial charge is 0.497 e. The van der Waals surface area contributed by atoms with Crippen LogP contribution in [0.15, 0.2) is 77.3 Å². The van der Waals surface area contributed by atoms with Crippen LogP contribution in [0.25, 0.3) is 22.8 Å². The number of nitrogens with two attached hydrogens (primary N) is 1. The van der Waals surface area contributed by atoms with Gasteiger partial charge in [-0.05, 0) is 48.5 Å². The highest BCUT2D eigenvalue weighted by molar-refractivity contribution is 6.08. The van der Waals surface area contributed by atoms with Crippen molar-refractivity contribution in [3.05, 3.63) is 83.9 Å². The molecule has 0 saturated heterocycles. The monoisotopic (exact) mass is 414 g/mol. The zero-order chi connectivity index (χ0) is 21.8. The number of anilines is 1. The summed E-state index contributed by atoms with van der Waals surface area (Å²) in [5, 5.41) is 6.82. The average Bonchev–Trinajstić information content (AvgIpc) is 3.30. The van der Waals surface area contributed by atoms with Gasteiger partial charge in [0.1, 0.15) is 5.75 Å². The molecule has 0 saturated carbocycles. The average molecular weight is 414 g/mol. The molecule has 8 heteroatoms. The summed E-state index contributed by atoms with van der Waals surface area (Å²) in [4.78, 5) is 28.5. The molecule has 3 N–H and O–H groups in total. The third kappa shape index (κ3) is 4.27. The number of hydrogen-bond donors (Lipinski definition) is 2. The zero-order valence-electron chi connectivity index (χ0n) is 16.5. The standard InChI is InChI=1S/C23H18N4O4/c1-30-17-6-4-5-15(13-17)21-26-23(31-27-21)19-8-3-2-7-18(19)22(29)25-16-11-9-14(10-12-16)20(24)28/h2-13H,1H3,(H2,24,28)(H,25,29). The van der Waals surface area contributed by atoms with Gasteiger partial charge in [0.2, 0.25) is 11.7 Å². The minimum atomic E-state index is -0.536. The first kappa shape index (κ1) is 19.8.